The number of hydrogen-bond donors (Lipinski definition) is 4. The smallest absolute Gasteiger partial charge is 0.255 e. The number of anilines is 1. The summed E-state index contributed by atoms with van der Waals surface area (Å²) >= 11 is 4.51. The van der Waals surface area contributed by atoms with Gasteiger partial charge < -0.3 is 29.6 Å². The highest BCUT2D eigenvalue weighted by atomic mass is 32.1. The van der Waals surface area contributed by atoms with Crippen LogP contribution in [0.15, 0.2) is 47.7 Å². The van der Waals surface area contributed by atoms with Crippen LogP contribution in [-0.2, 0) is 4.79 Å². The lowest BCUT2D eigenvalue weighted by molar-refractivity contribution is -0.113. The molecule has 2 atom stereocenters. The molecule has 0 saturated carbocycles. The van der Waals surface area contributed by atoms with E-state index in [0.29, 0.717) is 40.0 Å². The van der Waals surface area contributed by atoms with Gasteiger partial charge in [0.15, 0.2) is 0 Å². The van der Waals surface area contributed by atoms with Crippen LogP contribution >= 0.6 is 12.6 Å². The van der Waals surface area contributed by atoms with Crippen molar-refractivity contribution < 1.29 is 23.7 Å². The van der Waals surface area contributed by atoms with Gasteiger partial charge >= 0.3 is 0 Å². The molecule has 3 rings (SSSR count). The van der Waals surface area contributed by atoms with Crippen LogP contribution in [0.25, 0.3) is 0 Å². The number of allylic oxidation sites excluding steroid dienone is 1. The summed E-state index contributed by atoms with van der Waals surface area (Å²) in [4.78, 5) is 13.4. The van der Waals surface area contributed by atoms with E-state index in [4.69, 9.17) is 18.9 Å². The van der Waals surface area contributed by atoms with Gasteiger partial charge in [-0.05, 0) is 37.3 Å². The van der Waals surface area contributed by atoms with Crippen molar-refractivity contribution in [3.05, 3.63) is 53.2 Å². The number of carbonyl (C=O) groups is 1. The molecule has 0 fully saturated rings. The molecule has 9 heteroatoms. The number of thiol groups is 1. The molecule has 1 heterocycles. The standard InChI is InChI=1S/C22H27N3O5S/c1-12-19(21(26)24-16-8-6-14(28-3)11-18(16)30-5)20(25-22(31)23-12)15-10-13(27-2)7-9-17(15)29-4/h6-11,20,22-23,25,31H,1-5H3,(H,24,26). The zero-order valence-electron chi connectivity index (χ0n) is 18.1. The lowest BCUT2D eigenvalue weighted by Gasteiger charge is -2.34. The maximum atomic E-state index is 13.4. The van der Waals surface area contributed by atoms with Crippen LogP contribution in [0.5, 0.6) is 23.0 Å². The third-order valence-electron chi connectivity index (χ3n) is 5.02. The number of ether oxygens (including phenoxy) is 4. The molecule has 31 heavy (non-hydrogen) atoms. The van der Waals surface area contributed by atoms with Crippen molar-refractivity contribution in [1.29, 1.82) is 0 Å². The highest BCUT2D eigenvalue weighted by Gasteiger charge is 2.33. The largest absolute Gasteiger partial charge is 0.497 e. The first-order valence-electron chi connectivity index (χ1n) is 9.58. The minimum absolute atomic E-state index is 0.295. The van der Waals surface area contributed by atoms with Crippen molar-refractivity contribution >= 4 is 24.2 Å². The normalized spacial score (nSPS) is 18.1. The molecule has 1 amide bonds. The van der Waals surface area contributed by atoms with Crippen molar-refractivity contribution in [2.75, 3.05) is 33.8 Å². The summed E-state index contributed by atoms with van der Waals surface area (Å²) in [5.74, 6) is 2.10. The summed E-state index contributed by atoms with van der Waals surface area (Å²) in [7, 11) is 6.28. The molecule has 0 aliphatic carbocycles. The molecule has 2 aromatic carbocycles. The van der Waals surface area contributed by atoms with Crippen LogP contribution in [0, 0.1) is 0 Å². The Morgan fingerprint density at radius 1 is 0.935 bits per heavy atom. The molecular weight excluding hydrogens is 418 g/mol. The maximum Gasteiger partial charge on any atom is 0.255 e. The summed E-state index contributed by atoms with van der Waals surface area (Å²) in [6.45, 7) is 1.84. The van der Waals surface area contributed by atoms with Gasteiger partial charge in [-0.25, -0.2) is 0 Å². The number of benzene rings is 2. The molecule has 2 aromatic rings. The Hall–Kier alpha value is -3.04. The number of nitrogens with one attached hydrogen (secondary N) is 3. The molecule has 0 spiro atoms. The third kappa shape index (κ3) is 4.83. The molecule has 0 radical (unpaired) electrons. The first kappa shape index (κ1) is 22.6. The minimum Gasteiger partial charge on any atom is -0.497 e. The first-order valence-corrected chi connectivity index (χ1v) is 10.1. The van der Waals surface area contributed by atoms with Crippen molar-refractivity contribution in [2.24, 2.45) is 0 Å². The van der Waals surface area contributed by atoms with E-state index in [1.54, 1.807) is 45.6 Å². The second-order valence-corrected chi connectivity index (χ2v) is 7.33. The van der Waals surface area contributed by atoms with E-state index >= 15 is 0 Å². The Morgan fingerprint density at radius 3 is 2.23 bits per heavy atom. The second-order valence-electron chi connectivity index (χ2n) is 6.81. The molecule has 1 aliphatic rings. The highest BCUT2D eigenvalue weighted by Crippen LogP contribution is 2.37. The lowest BCUT2D eigenvalue weighted by atomic mass is 9.93. The van der Waals surface area contributed by atoms with Gasteiger partial charge in [0.05, 0.1) is 45.7 Å². The average molecular weight is 446 g/mol. The Balaban J connectivity index is 2.01. The number of hydrogen-bond acceptors (Lipinski definition) is 8. The number of amides is 1. The van der Waals surface area contributed by atoms with Crippen molar-refractivity contribution in [2.45, 2.75) is 18.5 Å². The quantitative estimate of drug-likeness (QED) is 0.487. The third-order valence-corrected chi connectivity index (χ3v) is 5.30. The molecule has 0 saturated heterocycles. The predicted octanol–water partition coefficient (Wildman–Crippen LogP) is 3.08. The number of carbonyl (C=O) groups excluding carboxylic acids is 1. The summed E-state index contributed by atoms with van der Waals surface area (Å²) in [6.07, 6.45) is 0. The van der Waals surface area contributed by atoms with E-state index in [1.807, 2.05) is 19.1 Å². The molecule has 2 unspecified atom stereocenters. The molecule has 3 N–H and O–H groups in total. The summed E-state index contributed by atoms with van der Waals surface area (Å²) in [5, 5.41) is 9.40. The van der Waals surface area contributed by atoms with Crippen LogP contribution < -0.4 is 34.9 Å². The summed E-state index contributed by atoms with van der Waals surface area (Å²) in [5.41, 5.74) is 2.12. The Morgan fingerprint density at radius 2 is 1.58 bits per heavy atom. The van der Waals surface area contributed by atoms with Gasteiger partial charge in [-0.1, -0.05) is 0 Å². The zero-order chi connectivity index (χ0) is 22.5. The topological polar surface area (TPSA) is 90.1 Å². The van der Waals surface area contributed by atoms with Crippen molar-refractivity contribution in [3.8, 4) is 23.0 Å². The number of methoxy groups -OCH3 is 4. The van der Waals surface area contributed by atoms with E-state index in [-0.39, 0.29) is 11.4 Å². The SMILES string of the molecule is COc1ccc(NC(=O)C2=C(C)NC(S)NC2c2cc(OC)ccc2OC)c(OC)c1. The van der Waals surface area contributed by atoms with E-state index in [1.165, 1.54) is 7.11 Å². The monoisotopic (exact) mass is 445 g/mol. The van der Waals surface area contributed by atoms with Crippen LogP contribution in [0.2, 0.25) is 0 Å². The van der Waals surface area contributed by atoms with Crippen LogP contribution in [0.4, 0.5) is 5.69 Å². The van der Waals surface area contributed by atoms with Gasteiger partial charge in [0, 0.05) is 17.3 Å². The van der Waals surface area contributed by atoms with E-state index in [2.05, 4.69) is 28.6 Å². The molecule has 166 valence electrons. The van der Waals surface area contributed by atoms with E-state index in [0.717, 1.165) is 5.56 Å². The van der Waals surface area contributed by atoms with Gasteiger partial charge in [0.1, 0.15) is 28.5 Å². The fraction of sp³-hybridized carbons (Fsp3) is 0.318. The van der Waals surface area contributed by atoms with Crippen LogP contribution in [0.3, 0.4) is 0 Å². The number of rotatable bonds is 7. The molecular formula is C22H27N3O5S. The first-order chi connectivity index (χ1) is 14.9. The highest BCUT2D eigenvalue weighted by molar-refractivity contribution is 7.80. The summed E-state index contributed by atoms with van der Waals surface area (Å²) < 4.78 is 21.6. The van der Waals surface area contributed by atoms with Gasteiger partial charge in [0.2, 0.25) is 0 Å². The van der Waals surface area contributed by atoms with Gasteiger partial charge in [-0.3, -0.25) is 10.1 Å². The maximum absolute atomic E-state index is 13.4. The van der Waals surface area contributed by atoms with Gasteiger partial charge in [-0.2, -0.15) is 0 Å². The van der Waals surface area contributed by atoms with Crippen LogP contribution in [-0.4, -0.2) is 39.8 Å². The molecule has 8 nitrogen and oxygen atoms in total. The summed E-state index contributed by atoms with van der Waals surface area (Å²) in [6, 6.07) is 10.2. The van der Waals surface area contributed by atoms with E-state index in [9.17, 15) is 4.79 Å². The average Bonchev–Trinajstić information content (AvgIpc) is 2.78. The Bertz CT molecular complexity index is 995. The minimum atomic E-state index is -0.488. The van der Waals surface area contributed by atoms with E-state index < -0.39 is 6.04 Å². The van der Waals surface area contributed by atoms with Crippen molar-refractivity contribution in [3.63, 3.8) is 0 Å². The zero-order valence-corrected chi connectivity index (χ0v) is 19.0. The molecule has 0 bridgehead atoms. The van der Waals surface area contributed by atoms with Gasteiger partial charge in [-0.15, -0.1) is 12.6 Å². The fourth-order valence-electron chi connectivity index (χ4n) is 3.49. The predicted molar refractivity (Wildman–Crippen MR) is 122 cm³/mol. The fourth-order valence-corrected chi connectivity index (χ4v) is 3.83. The lowest BCUT2D eigenvalue weighted by Crippen LogP contribution is -2.47. The Labute approximate surface area is 187 Å². The van der Waals surface area contributed by atoms with Crippen LogP contribution in [0.1, 0.15) is 18.5 Å². The molecule has 0 aromatic heterocycles. The Kier molecular flexibility index (Phi) is 7.19. The van der Waals surface area contributed by atoms with Crippen molar-refractivity contribution in [1.82, 2.24) is 10.6 Å². The second kappa shape index (κ2) is 9.84. The molecule has 1 aliphatic heterocycles. The van der Waals surface area contributed by atoms with Gasteiger partial charge in [0.25, 0.3) is 5.91 Å².